The van der Waals surface area contributed by atoms with Gasteiger partial charge in [-0.2, -0.15) is 0 Å². The number of nitrogens with one attached hydrogen (secondary N) is 3. The summed E-state index contributed by atoms with van der Waals surface area (Å²) in [7, 11) is 3.06. The van der Waals surface area contributed by atoms with E-state index in [1.165, 1.54) is 19.7 Å². The average molecular weight is 492 g/mol. The molecule has 36 heavy (non-hydrogen) atoms. The van der Waals surface area contributed by atoms with Crippen LogP contribution in [0, 0.1) is 0 Å². The predicted octanol–water partition coefficient (Wildman–Crippen LogP) is 3.07. The van der Waals surface area contributed by atoms with E-state index in [4.69, 9.17) is 14.7 Å². The highest BCUT2D eigenvalue weighted by atomic mass is 16.5. The van der Waals surface area contributed by atoms with Gasteiger partial charge in [0, 0.05) is 24.6 Å². The van der Waals surface area contributed by atoms with Gasteiger partial charge < -0.3 is 20.1 Å². The van der Waals surface area contributed by atoms with E-state index in [2.05, 4.69) is 10.6 Å². The number of carbonyl (C=O) groups is 3. The van der Waals surface area contributed by atoms with Crippen LogP contribution in [0.3, 0.4) is 0 Å². The molecular weight excluding hydrogens is 462 g/mol. The third-order valence-electron chi connectivity index (χ3n) is 5.54. The summed E-state index contributed by atoms with van der Waals surface area (Å²) in [5, 5.41) is 14.3. The monoisotopic (exact) mass is 491 g/mol. The van der Waals surface area contributed by atoms with Gasteiger partial charge in [-0.15, -0.1) is 0 Å². The van der Waals surface area contributed by atoms with E-state index in [1.807, 2.05) is 42.5 Å². The number of methoxy groups -OCH3 is 2. The first-order valence-corrected chi connectivity index (χ1v) is 11.3. The van der Waals surface area contributed by atoms with Crippen molar-refractivity contribution in [3.8, 4) is 22.6 Å². The van der Waals surface area contributed by atoms with E-state index in [-0.39, 0.29) is 19.4 Å². The van der Waals surface area contributed by atoms with E-state index in [9.17, 15) is 14.4 Å². The first-order valence-electron chi connectivity index (χ1n) is 11.3. The molecule has 0 bridgehead atoms. The smallest absolute Gasteiger partial charge is 0.251 e. The molecule has 3 rings (SSSR count). The Morgan fingerprint density at radius 3 is 2.06 bits per heavy atom. The fraction of sp³-hybridized carbons (Fsp3) is 0.222. The van der Waals surface area contributed by atoms with Gasteiger partial charge in [0.2, 0.25) is 11.8 Å². The SMILES string of the molecule is COc1cc(CNC(=O)[C@H](CCC(=O)NO)NC(=O)c2ccc(-c3ccccc3)cc2)cc(OC)c1. The first kappa shape index (κ1) is 26.2. The Kier molecular flexibility index (Phi) is 9.41. The van der Waals surface area contributed by atoms with Crippen LogP contribution in [-0.2, 0) is 16.1 Å². The molecule has 0 aromatic heterocycles. The molecule has 9 heteroatoms. The third-order valence-corrected chi connectivity index (χ3v) is 5.54. The maximum atomic E-state index is 12.9. The molecule has 0 aliphatic heterocycles. The minimum absolute atomic E-state index is 0.00645. The standard InChI is InChI=1S/C27H29N3O6/c1-35-22-14-18(15-23(16-22)36-2)17-28-27(33)24(12-13-25(31)30-34)29-26(32)21-10-8-20(9-11-21)19-6-4-3-5-7-19/h3-11,14-16,24,34H,12-13,17H2,1-2H3,(H,28,33)(H,29,32)(H,30,31)/t24-/m0/s1. The van der Waals surface area contributed by atoms with Crippen molar-refractivity contribution in [3.05, 3.63) is 83.9 Å². The molecule has 1 atom stereocenters. The molecule has 0 unspecified atom stereocenters. The Morgan fingerprint density at radius 2 is 1.47 bits per heavy atom. The number of hydrogen-bond acceptors (Lipinski definition) is 6. The van der Waals surface area contributed by atoms with Crippen LogP contribution in [0.15, 0.2) is 72.8 Å². The van der Waals surface area contributed by atoms with Crippen molar-refractivity contribution >= 4 is 17.7 Å². The van der Waals surface area contributed by atoms with Crippen molar-refractivity contribution in [1.82, 2.24) is 16.1 Å². The molecular formula is C27H29N3O6. The van der Waals surface area contributed by atoms with Gasteiger partial charge in [-0.05, 0) is 47.4 Å². The number of hydroxylamine groups is 1. The van der Waals surface area contributed by atoms with Crippen LogP contribution < -0.4 is 25.6 Å². The number of carbonyl (C=O) groups excluding carboxylic acids is 3. The molecule has 9 nitrogen and oxygen atoms in total. The Morgan fingerprint density at radius 1 is 0.861 bits per heavy atom. The van der Waals surface area contributed by atoms with Gasteiger partial charge in [0.05, 0.1) is 14.2 Å². The fourth-order valence-corrected chi connectivity index (χ4v) is 3.57. The number of rotatable bonds is 11. The van der Waals surface area contributed by atoms with Crippen molar-refractivity contribution in [2.24, 2.45) is 0 Å². The largest absolute Gasteiger partial charge is 0.497 e. The van der Waals surface area contributed by atoms with Gasteiger partial charge in [0.25, 0.3) is 5.91 Å². The van der Waals surface area contributed by atoms with Crippen molar-refractivity contribution in [2.75, 3.05) is 14.2 Å². The molecule has 0 aliphatic rings. The van der Waals surface area contributed by atoms with E-state index in [0.717, 1.165) is 16.7 Å². The number of ether oxygens (including phenoxy) is 2. The molecule has 3 amide bonds. The zero-order valence-electron chi connectivity index (χ0n) is 20.1. The number of amides is 3. The van der Waals surface area contributed by atoms with Gasteiger partial charge >= 0.3 is 0 Å². The molecule has 188 valence electrons. The molecule has 0 fully saturated rings. The van der Waals surface area contributed by atoms with Gasteiger partial charge in [-0.1, -0.05) is 42.5 Å². The van der Waals surface area contributed by atoms with Crippen molar-refractivity contribution < 1.29 is 29.1 Å². The molecule has 0 saturated heterocycles. The Balaban J connectivity index is 1.69. The summed E-state index contributed by atoms with van der Waals surface area (Å²) in [6.45, 7) is 0.150. The van der Waals surface area contributed by atoms with Gasteiger partial charge in [0.1, 0.15) is 17.5 Å². The highest BCUT2D eigenvalue weighted by Crippen LogP contribution is 2.22. The van der Waals surface area contributed by atoms with Crippen LogP contribution in [-0.4, -0.2) is 43.2 Å². The van der Waals surface area contributed by atoms with E-state index in [0.29, 0.717) is 17.1 Å². The molecule has 0 heterocycles. The maximum absolute atomic E-state index is 12.9. The summed E-state index contributed by atoms with van der Waals surface area (Å²) in [5.74, 6) is -0.449. The Hall–Kier alpha value is -4.37. The van der Waals surface area contributed by atoms with E-state index in [1.54, 1.807) is 30.3 Å². The lowest BCUT2D eigenvalue weighted by atomic mass is 10.0. The van der Waals surface area contributed by atoms with Crippen molar-refractivity contribution in [3.63, 3.8) is 0 Å². The van der Waals surface area contributed by atoms with Crippen LogP contribution in [0.25, 0.3) is 11.1 Å². The number of benzene rings is 3. The third kappa shape index (κ3) is 7.31. The molecule has 3 aromatic carbocycles. The Labute approximate surface area is 209 Å². The highest BCUT2D eigenvalue weighted by molar-refractivity contribution is 5.98. The van der Waals surface area contributed by atoms with Crippen LogP contribution in [0.1, 0.15) is 28.8 Å². The van der Waals surface area contributed by atoms with Gasteiger partial charge in [0.15, 0.2) is 0 Å². The van der Waals surface area contributed by atoms with Gasteiger partial charge in [-0.3, -0.25) is 19.6 Å². The quantitative estimate of drug-likeness (QED) is 0.241. The van der Waals surface area contributed by atoms with Crippen LogP contribution in [0.4, 0.5) is 0 Å². The van der Waals surface area contributed by atoms with Gasteiger partial charge in [-0.25, -0.2) is 5.48 Å². The van der Waals surface area contributed by atoms with Crippen LogP contribution in [0.5, 0.6) is 11.5 Å². The van der Waals surface area contributed by atoms with E-state index >= 15 is 0 Å². The summed E-state index contributed by atoms with van der Waals surface area (Å²) in [6.07, 6.45) is -0.164. The lowest BCUT2D eigenvalue weighted by Gasteiger charge is -2.19. The second-order valence-corrected chi connectivity index (χ2v) is 7.98. The van der Waals surface area contributed by atoms with E-state index < -0.39 is 23.8 Å². The molecule has 4 N–H and O–H groups in total. The average Bonchev–Trinajstić information content (AvgIpc) is 2.93. The molecule has 3 aromatic rings. The predicted molar refractivity (Wildman–Crippen MR) is 134 cm³/mol. The summed E-state index contributed by atoms with van der Waals surface area (Å²) in [6, 6.07) is 21.0. The van der Waals surface area contributed by atoms with Crippen molar-refractivity contribution in [1.29, 1.82) is 0 Å². The maximum Gasteiger partial charge on any atom is 0.251 e. The van der Waals surface area contributed by atoms with Crippen LogP contribution in [0.2, 0.25) is 0 Å². The second kappa shape index (κ2) is 12.9. The molecule has 0 spiro atoms. The fourth-order valence-electron chi connectivity index (χ4n) is 3.57. The molecule has 0 aliphatic carbocycles. The minimum atomic E-state index is -1.00. The highest BCUT2D eigenvalue weighted by Gasteiger charge is 2.22. The van der Waals surface area contributed by atoms with Crippen LogP contribution >= 0.6 is 0 Å². The molecule has 0 radical (unpaired) electrons. The lowest BCUT2D eigenvalue weighted by Crippen LogP contribution is -2.47. The summed E-state index contributed by atoms with van der Waals surface area (Å²) in [5.41, 5.74) is 4.61. The summed E-state index contributed by atoms with van der Waals surface area (Å²) < 4.78 is 10.5. The topological polar surface area (TPSA) is 126 Å². The van der Waals surface area contributed by atoms with Crippen molar-refractivity contribution in [2.45, 2.75) is 25.4 Å². The summed E-state index contributed by atoms with van der Waals surface area (Å²) in [4.78, 5) is 37.4. The number of hydrogen-bond donors (Lipinski definition) is 4. The zero-order chi connectivity index (χ0) is 25.9. The normalized spacial score (nSPS) is 11.2. The minimum Gasteiger partial charge on any atom is -0.497 e. The Bertz CT molecular complexity index is 1160. The second-order valence-electron chi connectivity index (χ2n) is 7.98. The summed E-state index contributed by atoms with van der Waals surface area (Å²) >= 11 is 0. The molecule has 0 saturated carbocycles. The zero-order valence-corrected chi connectivity index (χ0v) is 20.1. The lowest BCUT2D eigenvalue weighted by molar-refractivity contribution is -0.129. The first-order chi connectivity index (χ1) is 17.4.